The van der Waals surface area contributed by atoms with E-state index >= 15 is 0 Å². The highest BCUT2D eigenvalue weighted by Crippen LogP contribution is 2.03. The molecule has 0 heterocycles. The summed E-state index contributed by atoms with van der Waals surface area (Å²) in [6, 6.07) is 0. The van der Waals surface area contributed by atoms with E-state index < -0.39 is 10.0 Å². The van der Waals surface area contributed by atoms with Gasteiger partial charge in [-0.3, -0.25) is 0 Å². The van der Waals surface area contributed by atoms with Crippen molar-refractivity contribution < 1.29 is 13.2 Å². The summed E-state index contributed by atoms with van der Waals surface area (Å²) >= 11 is 0. The number of nitrogens with two attached hydrogens (primary N) is 1. The molecular weight excluding hydrogens is 216 g/mol. The summed E-state index contributed by atoms with van der Waals surface area (Å²) in [7, 11) is -1.61. The Balaban J connectivity index is 4.08. The van der Waals surface area contributed by atoms with E-state index in [0.717, 1.165) is 0 Å². The number of nitrogens with zero attached hydrogens (tertiary/aromatic N) is 1. The van der Waals surface area contributed by atoms with Gasteiger partial charge in [0, 0.05) is 20.2 Å². The number of hydrogen-bond donors (Lipinski definition) is 1. The molecule has 1 atom stereocenters. The summed E-state index contributed by atoms with van der Waals surface area (Å²) in [5, 5.41) is 0. The van der Waals surface area contributed by atoms with Crippen LogP contribution in [0.25, 0.3) is 0 Å². The molecule has 0 radical (unpaired) electrons. The van der Waals surface area contributed by atoms with Gasteiger partial charge in [0.2, 0.25) is 10.0 Å². The average molecular weight is 238 g/mol. The Morgan fingerprint density at radius 2 is 2.07 bits per heavy atom. The number of ether oxygens (including phenoxy) is 1. The quantitative estimate of drug-likeness (QED) is 0.598. The smallest absolute Gasteiger partial charge is 0.216 e. The average Bonchev–Trinajstić information content (AvgIpc) is 2.17. The van der Waals surface area contributed by atoms with E-state index in [-0.39, 0.29) is 18.3 Å². The van der Waals surface area contributed by atoms with Crippen LogP contribution in [0.2, 0.25) is 0 Å². The maximum atomic E-state index is 11.7. The molecule has 92 valence electrons. The molecule has 6 heteroatoms. The highest BCUT2D eigenvalue weighted by atomic mass is 32.2. The zero-order valence-corrected chi connectivity index (χ0v) is 10.6. The number of sulfonamides is 1. The molecule has 0 aliphatic carbocycles. The van der Waals surface area contributed by atoms with Crippen molar-refractivity contribution in [3.05, 3.63) is 0 Å². The summed E-state index contributed by atoms with van der Waals surface area (Å²) in [6.07, 6.45) is 0. The molecule has 0 spiro atoms. The van der Waals surface area contributed by atoms with Gasteiger partial charge in [-0.2, -0.15) is 0 Å². The van der Waals surface area contributed by atoms with E-state index in [2.05, 4.69) is 0 Å². The van der Waals surface area contributed by atoms with Gasteiger partial charge in [0.25, 0.3) is 0 Å². The molecule has 0 aromatic rings. The zero-order chi connectivity index (χ0) is 11.9. The lowest BCUT2D eigenvalue weighted by atomic mass is 10.2. The second-order valence-electron chi connectivity index (χ2n) is 3.63. The maximum absolute atomic E-state index is 11.7. The zero-order valence-electron chi connectivity index (χ0n) is 9.77. The second-order valence-corrected chi connectivity index (χ2v) is 5.83. The van der Waals surface area contributed by atoms with Gasteiger partial charge in [-0.25, -0.2) is 12.7 Å². The van der Waals surface area contributed by atoms with Gasteiger partial charge < -0.3 is 10.5 Å². The van der Waals surface area contributed by atoms with Crippen LogP contribution >= 0.6 is 0 Å². The van der Waals surface area contributed by atoms with Crippen LogP contribution in [0.1, 0.15) is 13.8 Å². The molecule has 0 amide bonds. The summed E-state index contributed by atoms with van der Waals surface area (Å²) in [5.74, 6) is 0.214. The van der Waals surface area contributed by atoms with Crippen LogP contribution in [0.15, 0.2) is 0 Å². The summed E-state index contributed by atoms with van der Waals surface area (Å²) < 4.78 is 29.7. The van der Waals surface area contributed by atoms with E-state index in [0.29, 0.717) is 19.7 Å². The first-order valence-corrected chi connectivity index (χ1v) is 6.76. The Bertz CT molecular complexity index is 254. The molecule has 0 aliphatic heterocycles. The summed E-state index contributed by atoms with van der Waals surface area (Å²) in [5.41, 5.74) is 5.44. The molecule has 0 fully saturated rings. The lowest BCUT2D eigenvalue weighted by Crippen LogP contribution is -2.36. The van der Waals surface area contributed by atoms with Crippen molar-refractivity contribution in [2.45, 2.75) is 13.8 Å². The highest BCUT2D eigenvalue weighted by molar-refractivity contribution is 7.89. The van der Waals surface area contributed by atoms with Gasteiger partial charge in [-0.1, -0.05) is 6.92 Å². The normalized spacial score (nSPS) is 14.5. The van der Waals surface area contributed by atoms with Crippen LogP contribution in [0, 0.1) is 5.92 Å². The minimum absolute atomic E-state index is 0.0363. The third-order valence-electron chi connectivity index (χ3n) is 2.14. The first kappa shape index (κ1) is 14.8. The fourth-order valence-corrected chi connectivity index (χ4v) is 2.21. The molecule has 2 N–H and O–H groups in total. The van der Waals surface area contributed by atoms with E-state index in [1.165, 1.54) is 4.31 Å². The van der Waals surface area contributed by atoms with Crippen molar-refractivity contribution in [3.63, 3.8) is 0 Å². The maximum Gasteiger partial charge on any atom is 0.216 e. The van der Waals surface area contributed by atoms with Crippen molar-refractivity contribution in [2.24, 2.45) is 11.7 Å². The van der Waals surface area contributed by atoms with Gasteiger partial charge in [0.05, 0.1) is 12.4 Å². The molecule has 0 bridgehead atoms. The summed E-state index contributed by atoms with van der Waals surface area (Å²) in [4.78, 5) is 0. The lowest BCUT2D eigenvalue weighted by molar-refractivity contribution is 0.162. The first-order valence-electron chi connectivity index (χ1n) is 5.15. The number of hydrogen-bond acceptors (Lipinski definition) is 4. The van der Waals surface area contributed by atoms with Gasteiger partial charge in [0.15, 0.2) is 0 Å². The Morgan fingerprint density at radius 3 is 2.53 bits per heavy atom. The molecule has 0 saturated heterocycles. The van der Waals surface area contributed by atoms with Crippen molar-refractivity contribution in [1.29, 1.82) is 0 Å². The van der Waals surface area contributed by atoms with Gasteiger partial charge >= 0.3 is 0 Å². The molecular formula is C9H22N2O3S. The Morgan fingerprint density at radius 1 is 1.47 bits per heavy atom. The fraction of sp³-hybridized carbons (Fsp3) is 1.00. The molecule has 0 saturated carbocycles. The first-order chi connectivity index (χ1) is 6.94. The van der Waals surface area contributed by atoms with Crippen molar-refractivity contribution >= 4 is 10.0 Å². The van der Waals surface area contributed by atoms with E-state index in [1.54, 1.807) is 7.05 Å². The Hall–Kier alpha value is -0.170. The minimum Gasteiger partial charge on any atom is -0.381 e. The van der Waals surface area contributed by atoms with Crippen LogP contribution < -0.4 is 5.73 Å². The van der Waals surface area contributed by atoms with Crippen LogP contribution in [0.4, 0.5) is 0 Å². The SMILES string of the molecule is CCOCCS(=O)(=O)N(C)CC(C)CN. The largest absolute Gasteiger partial charge is 0.381 e. The topological polar surface area (TPSA) is 72.6 Å². The van der Waals surface area contributed by atoms with Crippen LogP contribution in [-0.4, -0.2) is 51.8 Å². The Labute approximate surface area is 92.6 Å². The van der Waals surface area contributed by atoms with E-state index in [1.807, 2.05) is 13.8 Å². The minimum atomic E-state index is -3.18. The molecule has 15 heavy (non-hydrogen) atoms. The lowest BCUT2D eigenvalue weighted by Gasteiger charge is -2.20. The summed E-state index contributed by atoms with van der Waals surface area (Å²) in [6.45, 7) is 5.51. The van der Waals surface area contributed by atoms with Gasteiger partial charge in [-0.05, 0) is 19.4 Å². The molecule has 0 aromatic carbocycles. The van der Waals surface area contributed by atoms with Crippen molar-refractivity contribution in [3.8, 4) is 0 Å². The van der Waals surface area contributed by atoms with Gasteiger partial charge in [0.1, 0.15) is 0 Å². The van der Waals surface area contributed by atoms with Crippen LogP contribution in [-0.2, 0) is 14.8 Å². The predicted molar refractivity (Wildman–Crippen MR) is 61.1 cm³/mol. The molecule has 0 aromatic heterocycles. The number of rotatable bonds is 8. The molecule has 5 nitrogen and oxygen atoms in total. The standard InChI is InChI=1S/C9H22N2O3S/c1-4-14-5-6-15(12,13)11(3)8-9(2)7-10/h9H,4-8,10H2,1-3H3. The van der Waals surface area contributed by atoms with E-state index in [4.69, 9.17) is 10.5 Å². The van der Waals surface area contributed by atoms with Gasteiger partial charge in [-0.15, -0.1) is 0 Å². The second kappa shape index (κ2) is 7.16. The van der Waals surface area contributed by atoms with Crippen molar-refractivity contribution in [1.82, 2.24) is 4.31 Å². The third-order valence-corrected chi connectivity index (χ3v) is 3.92. The predicted octanol–water partition coefficient (Wildman–Crippen LogP) is -0.121. The fourth-order valence-electron chi connectivity index (χ4n) is 1.09. The van der Waals surface area contributed by atoms with Crippen LogP contribution in [0.3, 0.4) is 0 Å². The molecule has 1 unspecified atom stereocenters. The molecule has 0 aliphatic rings. The van der Waals surface area contributed by atoms with Crippen LogP contribution in [0.5, 0.6) is 0 Å². The Kier molecular flexibility index (Phi) is 7.08. The highest BCUT2D eigenvalue weighted by Gasteiger charge is 2.18. The third kappa shape index (κ3) is 6.09. The van der Waals surface area contributed by atoms with E-state index in [9.17, 15) is 8.42 Å². The van der Waals surface area contributed by atoms with Crippen molar-refractivity contribution in [2.75, 3.05) is 39.1 Å². The molecule has 0 rings (SSSR count). The monoisotopic (exact) mass is 238 g/mol.